The Balaban J connectivity index is 1.66. The largest absolute Gasteiger partial charge is 0.497 e. The fourth-order valence-corrected chi connectivity index (χ4v) is 3.02. The number of hydrogen-bond donors (Lipinski definition) is 0. The van der Waals surface area contributed by atoms with Gasteiger partial charge >= 0.3 is 0 Å². The molecule has 0 spiro atoms. The first kappa shape index (κ1) is 15.5. The molecule has 2 heterocycles. The summed E-state index contributed by atoms with van der Waals surface area (Å²) in [7, 11) is 1.56. The van der Waals surface area contributed by atoms with Crippen molar-refractivity contribution in [3.63, 3.8) is 0 Å². The second-order valence-corrected chi connectivity index (χ2v) is 6.13. The number of hydrogen-bond acceptors (Lipinski definition) is 7. The van der Waals surface area contributed by atoms with Crippen LogP contribution in [-0.2, 0) is 0 Å². The van der Waals surface area contributed by atoms with Crippen molar-refractivity contribution in [3.8, 4) is 17.2 Å². The van der Waals surface area contributed by atoms with E-state index in [9.17, 15) is 4.79 Å². The lowest BCUT2D eigenvalue weighted by Crippen LogP contribution is -2.03. The van der Waals surface area contributed by atoms with Gasteiger partial charge in [-0.1, -0.05) is 18.2 Å². The van der Waals surface area contributed by atoms with Crippen LogP contribution in [0.1, 0.15) is 0 Å². The molecule has 0 aliphatic carbocycles. The summed E-state index contributed by atoms with van der Waals surface area (Å²) in [5.41, 5.74) is 1.12. The maximum atomic E-state index is 12.6. The molecule has 25 heavy (non-hydrogen) atoms. The lowest BCUT2D eigenvalue weighted by atomic mass is 10.2. The number of nitrogens with zero attached hydrogens (tertiary/aromatic N) is 2. The molecule has 7 heteroatoms. The summed E-state index contributed by atoms with van der Waals surface area (Å²) in [6, 6.07) is 14.5. The number of rotatable bonds is 4. The van der Waals surface area contributed by atoms with Gasteiger partial charge in [0.25, 0.3) is 5.22 Å². The molecule has 0 bridgehead atoms. The van der Waals surface area contributed by atoms with Crippen LogP contribution in [0.5, 0.6) is 5.75 Å². The molecule has 4 rings (SSSR count). The Kier molecular flexibility index (Phi) is 3.99. The van der Waals surface area contributed by atoms with Crippen LogP contribution in [0.25, 0.3) is 22.4 Å². The Morgan fingerprint density at radius 1 is 1.08 bits per heavy atom. The summed E-state index contributed by atoms with van der Waals surface area (Å²) in [5, 5.41) is 8.74. The Morgan fingerprint density at radius 2 is 1.92 bits per heavy atom. The minimum absolute atomic E-state index is 0.159. The number of aromatic nitrogens is 2. The monoisotopic (exact) mass is 352 g/mol. The van der Waals surface area contributed by atoms with Gasteiger partial charge in [-0.05, 0) is 36.0 Å². The molecule has 6 nitrogen and oxygen atoms in total. The van der Waals surface area contributed by atoms with Crippen molar-refractivity contribution in [2.45, 2.75) is 10.1 Å². The SMILES string of the molecule is COc1ccc2c(=O)c(Sc3nnc(-c4ccccc4)o3)coc2c1. The maximum Gasteiger partial charge on any atom is 0.281 e. The van der Waals surface area contributed by atoms with Gasteiger partial charge in [-0.25, -0.2) is 0 Å². The Bertz CT molecular complexity index is 1090. The fourth-order valence-electron chi connectivity index (χ4n) is 2.33. The van der Waals surface area contributed by atoms with Crippen molar-refractivity contribution >= 4 is 22.7 Å². The molecule has 0 atom stereocenters. The molecule has 0 aliphatic heterocycles. The van der Waals surface area contributed by atoms with Gasteiger partial charge in [-0.15, -0.1) is 10.2 Å². The normalized spacial score (nSPS) is 10.9. The lowest BCUT2D eigenvalue weighted by Gasteiger charge is -2.02. The van der Waals surface area contributed by atoms with Crippen LogP contribution >= 0.6 is 11.8 Å². The zero-order chi connectivity index (χ0) is 17.2. The zero-order valence-corrected chi connectivity index (χ0v) is 13.9. The van der Waals surface area contributed by atoms with Gasteiger partial charge in [0, 0.05) is 11.6 Å². The summed E-state index contributed by atoms with van der Waals surface area (Å²) >= 11 is 1.08. The summed E-state index contributed by atoms with van der Waals surface area (Å²) in [5.74, 6) is 1.03. The van der Waals surface area contributed by atoms with Crippen LogP contribution < -0.4 is 10.2 Å². The lowest BCUT2D eigenvalue weighted by molar-refractivity contribution is 0.414. The predicted octanol–water partition coefficient (Wildman–Crippen LogP) is 4.00. The summed E-state index contributed by atoms with van der Waals surface area (Å²) in [6.07, 6.45) is 1.39. The highest BCUT2D eigenvalue weighted by Gasteiger charge is 2.14. The average Bonchev–Trinajstić information content (AvgIpc) is 3.13. The molecule has 0 unspecified atom stereocenters. The van der Waals surface area contributed by atoms with Crippen molar-refractivity contribution < 1.29 is 13.6 Å². The number of methoxy groups -OCH3 is 1. The summed E-state index contributed by atoms with van der Waals surface area (Å²) in [6.45, 7) is 0. The van der Waals surface area contributed by atoms with E-state index in [1.54, 1.807) is 25.3 Å². The van der Waals surface area contributed by atoms with E-state index in [2.05, 4.69) is 10.2 Å². The minimum Gasteiger partial charge on any atom is -0.497 e. The van der Waals surface area contributed by atoms with Gasteiger partial charge in [0.1, 0.15) is 22.5 Å². The smallest absolute Gasteiger partial charge is 0.281 e. The third-order valence-corrected chi connectivity index (χ3v) is 4.42. The first-order valence-corrected chi connectivity index (χ1v) is 8.22. The zero-order valence-electron chi connectivity index (χ0n) is 13.1. The van der Waals surface area contributed by atoms with E-state index in [0.717, 1.165) is 17.3 Å². The topological polar surface area (TPSA) is 78.4 Å². The van der Waals surface area contributed by atoms with E-state index in [0.29, 0.717) is 27.5 Å². The average molecular weight is 352 g/mol. The number of fused-ring (bicyclic) bond motifs is 1. The highest BCUT2D eigenvalue weighted by atomic mass is 32.2. The van der Waals surface area contributed by atoms with Crippen molar-refractivity contribution in [2.24, 2.45) is 0 Å². The molecule has 2 aromatic carbocycles. The molecule has 0 N–H and O–H groups in total. The third kappa shape index (κ3) is 3.01. The maximum absolute atomic E-state index is 12.6. The first-order chi connectivity index (χ1) is 12.2. The van der Waals surface area contributed by atoms with Gasteiger partial charge in [-0.3, -0.25) is 4.79 Å². The van der Waals surface area contributed by atoms with Crippen LogP contribution in [-0.4, -0.2) is 17.3 Å². The molecule has 4 aromatic rings. The van der Waals surface area contributed by atoms with Crippen molar-refractivity contribution in [1.29, 1.82) is 0 Å². The van der Waals surface area contributed by atoms with Gasteiger partial charge in [-0.2, -0.15) is 0 Å². The van der Waals surface area contributed by atoms with Crippen LogP contribution in [0, 0.1) is 0 Å². The fraction of sp³-hybridized carbons (Fsp3) is 0.0556. The Hall–Kier alpha value is -3.06. The second-order valence-electron chi connectivity index (χ2n) is 5.13. The van der Waals surface area contributed by atoms with Gasteiger partial charge in [0.15, 0.2) is 0 Å². The third-order valence-electron chi connectivity index (χ3n) is 3.57. The summed E-state index contributed by atoms with van der Waals surface area (Å²) < 4.78 is 16.3. The van der Waals surface area contributed by atoms with Crippen LogP contribution in [0.2, 0.25) is 0 Å². The molecule has 0 aliphatic rings. The number of ether oxygens (including phenoxy) is 1. The van der Waals surface area contributed by atoms with E-state index >= 15 is 0 Å². The second kappa shape index (κ2) is 6.45. The van der Waals surface area contributed by atoms with E-state index in [1.165, 1.54) is 6.26 Å². The van der Waals surface area contributed by atoms with E-state index < -0.39 is 0 Å². The van der Waals surface area contributed by atoms with Crippen LogP contribution in [0.15, 0.2) is 78.5 Å². The molecular weight excluding hydrogens is 340 g/mol. The van der Waals surface area contributed by atoms with E-state index in [-0.39, 0.29) is 10.7 Å². The standard InChI is InChI=1S/C18H12N2O4S/c1-22-12-7-8-13-14(9-12)23-10-15(16(13)21)25-18-20-19-17(24-18)11-5-3-2-4-6-11/h2-10H,1H3. The quantitative estimate of drug-likeness (QED) is 0.549. The van der Waals surface area contributed by atoms with Gasteiger partial charge in [0.2, 0.25) is 11.3 Å². The molecule has 0 amide bonds. The van der Waals surface area contributed by atoms with E-state index in [4.69, 9.17) is 13.6 Å². The Morgan fingerprint density at radius 3 is 2.72 bits per heavy atom. The highest BCUT2D eigenvalue weighted by molar-refractivity contribution is 7.99. The van der Waals surface area contributed by atoms with Crippen molar-refractivity contribution in [1.82, 2.24) is 10.2 Å². The molecule has 124 valence electrons. The molecule has 0 fully saturated rings. The highest BCUT2D eigenvalue weighted by Crippen LogP contribution is 2.29. The minimum atomic E-state index is -0.159. The molecule has 2 aromatic heterocycles. The van der Waals surface area contributed by atoms with Gasteiger partial charge in [0.05, 0.1) is 12.5 Å². The molecular formula is C18H12N2O4S. The molecule has 0 radical (unpaired) electrons. The van der Waals surface area contributed by atoms with Crippen LogP contribution in [0.4, 0.5) is 0 Å². The Labute approximate surface area is 146 Å². The molecule has 0 saturated carbocycles. The predicted molar refractivity (Wildman–Crippen MR) is 92.9 cm³/mol. The van der Waals surface area contributed by atoms with Crippen molar-refractivity contribution in [2.75, 3.05) is 7.11 Å². The summed E-state index contributed by atoms with van der Waals surface area (Å²) in [4.78, 5) is 13.0. The van der Waals surface area contributed by atoms with Crippen LogP contribution in [0.3, 0.4) is 0 Å². The van der Waals surface area contributed by atoms with Gasteiger partial charge < -0.3 is 13.6 Å². The van der Waals surface area contributed by atoms with E-state index in [1.807, 2.05) is 30.3 Å². The molecule has 0 saturated heterocycles. The first-order valence-electron chi connectivity index (χ1n) is 7.41. The number of benzene rings is 2. The van der Waals surface area contributed by atoms with Crippen molar-refractivity contribution in [3.05, 3.63) is 65.0 Å².